The second-order valence-electron chi connectivity index (χ2n) is 1.27. The maximum absolute atomic E-state index is 9.87. The summed E-state index contributed by atoms with van der Waals surface area (Å²) in [4.78, 5) is 19.5. The molecule has 0 radical (unpaired) electrons. The minimum Gasteiger partial charge on any atom is -0.481 e. The normalized spacial score (nSPS) is 5.55. The van der Waals surface area contributed by atoms with Crippen LogP contribution in [-0.4, -0.2) is 16.9 Å². The molecule has 0 atom stereocenters. The van der Waals surface area contributed by atoms with E-state index in [0.717, 1.165) is 0 Å². The fourth-order valence-electron chi connectivity index (χ4n) is 0.213. The highest BCUT2D eigenvalue weighted by Gasteiger charge is 1.98. The van der Waals surface area contributed by atoms with Gasteiger partial charge in [0, 0.05) is 21.6 Å². The molecule has 0 fully saturated rings. The minimum atomic E-state index is -1.06. The number of hydrogen-bond donors (Lipinski definition) is 1. The first-order valence-corrected chi connectivity index (χ1v) is 2.24. The van der Waals surface area contributed by atoms with Crippen molar-refractivity contribution in [3.05, 3.63) is 0 Å². The Balaban J connectivity index is -0.000000138. The zero-order valence-electron chi connectivity index (χ0n) is 5.76. The number of rotatable bonds is 2. The molecule has 0 bridgehead atoms. The highest BCUT2D eigenvalue weighted by molar-refractivity contribution is 5.93. The number of carboxylic acid groups (broad SMARTS) is 1. The van der Waals surface area contributed by atoms with Crippen LogP contribution in [0.15, 0.2) is 0 Å². The molecule has 0 heterocycles. The molecule has 0 saturated heterocycles. The molecular weight excluding hydrogens is 152 g/mol. The van der Waals surface area contributed by atoms with Crippen molar-refractivity contribution in [2.45, 2.75) is 13.3 Å². The molecule has 7 heteroatoms. The Morgan fingerprint density at radius 3 is 1.45 bits per heavy atom. The topological polar surface area (TPSA) is 150 Å². The maximum atomic E-state index is 9.87. The Bertz CT molecular complexity index is 143. The van der Waals surface area contributed by atoms with Crippen LogP contribution in [0.3, 0.4) is 0 Å². The van der Waals surface area contributed by atoms with E-state index >= 15 is 0 Å². The largest absolute Gasteiger partial charge is 0.481 e. The Kier molecular flexibility index (Phi) is 22.8. The number of nitrogens with zero attached hydrogens (tertiary/aromatic N) is 4. The number of aliphatic carboxylic acids is 1. The lowest BCUT2D eigenvalue weighted by molar-refractivity contribution is -0.139. The summed E-state index contributed by atoms with van der Waals surface area (Å²) in [6.07, 6.45) is -0.361. The predicted octanol–water partition coefficient (Wildman–Crippen LogP) is 0.110. The maximum Gasteiger partial charge on any atom is 0.310 e. The lowest BCUT2D eigenvalue weighted by atomic mass is 10.3. The van der Waals surface area contributed by atoms with Crippen molar-refractivity contribution in [2.24, 2.45) is 0 Å². The van der Waals surface area contributed by atoms with E-state index in [2.05, 4.69) is 0 Å². The van der Waals surface area contributed by atoms with E-state index in [0.29, 0.717) is 0 Å². The third-order valence-electron chi connectivity index (χ3n) is 0.400. The summed E-state index contributed by atoms with van der Waals surface area (Å²) in [5.74, 6) is -1.37. The van der Waals surface area contributed by atoms with Gasteiger partial charge in [0.2, 0.25) is 0 Å². The quantitative estimate of drug-likeness (QED) is 0.442. The van der Waals surface area contributed by atoms with Crippen LogP contribution in [0.1, 0.15) is 13.3 Å². The number of Topliss-reactive ketones (excluding diaryl/α,β-unsaturated/α-hetero) is 1. The predicted molar refractivity (Wildman–Crippen MR) is 29.8 cm³/mol. The van der Waals surface area contributed by atoms with Crippen LogP contribution in [-0.2, 0) is 9.59 Å². The zero-order valence-corrected chi connectivity index (χ0v) is 5.76. The van der Waals surface area contributed by atoms with Gasteiger partial charge in [-0.2, -0.15) is 0 Å². The van der Waals surface area contributed by atoms with Crippen LogP contribution >= 0.6 is 0 Å². The molecule has 0 rings (SSSR count). The molecule has 1 N–H and O–H groups in total. The second kappa shape index (κ2) is 15.7. The molecule has 0 aromatic carbocycles. The van der Waals surface area contributed by atoms with Gasteiger partial charge in [-0.3, -0.25) is 9.59 Å². The van der Waals surface area contributed by atoms with Crippen LogP contribution < -0.4 is 0 Å². The molecule has 0 aliphatic rings. The SMILES string of the molecule is CC(=O)CC(=O)O.N#N.N#N. The Morgan fingerprint density at radius 1 is 1.18 bits per heavy atom. The van der Waals surface area contributed by atoms with E-state index < -0.39 is 5.97 Å². The summed E-state index contributed by atoms with van der Waals surface area (Å²) < 4.78 is 0. The number of carbonyl (C=O) groups is 2. The lowest BCUT2D eigenvalue weighted by Gasteiger charge is -1.80. The molecule has 0 saturated carbocycles. The van der Waals surface area contributed by atoms with Crippen molar-refractivity contribution >= 4 is 11.8 Å². The van der Waals surface area contributed by atoms with Gasteiger partial charge in [0.1, 0.15) is 12.2 Å². The fourth-order valence-corrected chi connectivity index (χ4v) is 0.213. The van der Waals surface area contributed by atoms with Crippen molar-refractivity contribution in [1.29, 1.82) is 21.6 Å². The molecule has 0 aromatic rings. The molecule has 0 aromatic heterocycles. The van der Waals surface area contributed by atoms with Crippen molar-refractivity contribution in [2.75, 3.05) is 0 Å². The fraction of sp³-hybridized carbons (Fsp3) is 0.500. The first kappa shape index (κ1) is 16.0. The third-order valence-corrected chi connectivity index (χ3v) is 0.400. The van der Waals surface area contributed by atoms with E-state index in [1.165, 1.54) is 6.92 Å². The molecule has 11 heavy (non-hydrogen) atoms. The van der Waals surface area contributed by atoms with Gasteiger partial charge >= 0.3 is 5.97 Å². The van der Waals surface area contributed by atoms with Gasteiger partial charge in [0.25, 0.3) is 0 Å². The van der Waals surface area contributed by atoms with Crippen molar-refractivity contribution < 1.29 is 14.7 Å². The van der Waals surface area contributed by atoms with Crippen LogP contribution in [0.5, 0.6) is 0 Å². The average Bonchev–Trinajstić information content (AvgIpc) is 1.93. The van der Waals surface area contributed by atoms with Crippen molar-refractivity contribution in [1.82, 2.24) is 0 Å². The van der Waals surface area contributed by atoms with Gasteiger partial charge in [-0.15, -0.1) is 0 Å². The van der Waals surface area contributed by atoms with E-state index in [4.69, 9.17) is 26.7 Å². The summed E-state index contributed by atoms with van der Waals surface area (Å²) in [5, 5.41) is 31.9. The molecule has 60 valence electrons. The number of carboxylic acids is 1. The Morgan fingerprint density at radius 2 is 1.45 bits per heavy atom. The standard InChI is InChI=1S/C4H6O3.2N2/c1-3(5)2-4(6)7;2*1-2/h2H2,1H3,(H,6,7);;. The van der Waals surface area contributed by atoms with E-state index in [-0.39, 0.29) is 12.2 Å². The monoisotopic (exact) mass is 158 g/mol. The minimum absolute atomic E-state index is 0.312. The molecule has 0 amide bonds. The Hall–Kier alpha value is -2.02. The van der Waals surface area contributed by atoms with Gasteiger partial charge < -0.3 is 5.11 Å². The average molecular weight is 158 g/mol. The van der Waals surface area contributed by atoms with Crippen molar-refractivity contribution in [3.8, 4) is 0 Å². The summed E-state index contributed by atoms with van der Waals surface area (Å²) in [5.41, 5.74) is 0. The Labute approximate surface area is 62.5 Å². The van der Waals surface area contributed by atoms with Crippen LogP contribution in [0.25, 0.3) is 0 Å². The summed E-state index contributed by atoms with van der Waals surface area (Å²) in [6, 6.07) is 0. The van der Waals surface area contributed by atoms with Crippen molar-refractivity contribution in [3.63, 3.8) is 0 Å². The van der Waals surface area contributed by atoms with Gasteiger partial charge in [-0.25, -0.2) is 0 Å². The second-order valence-corrected chi connectivity index (χ2v) is 1.27. The first-order valence-electron chi connectivity index (χ1n) is 2.24. The number of ketones is 1. The molecule has 0 unspecified atom stereocenters. The molecule has 7 nitrogen and oxygen atoms in total. The van der Waals surface area contributed by atoms with Crippen LogP contribution in [0.4, 0.5) is 0 Å². The zero-order chi connectivity index (χ0) is 9.86. The molecule has 0 aliphatic heterocycles. The molecule has 0 aliphatic carbocycles. The summed E-state index contributed by atoms with van der Waals surface area (Å²) in [6.45, 7) is 1.24. The highest BCUT2D eigenvalue weighted by atomic mass is 16.4. The van der Waals surface area contributed by atoms with Crippen LogP contribution in [0.2, 0.25) is 0 Å². The van der Waals surface area contributed by atoms with Gasteiger partial charge in [0.15, 0.2) is 0 Å². The number of carbonyl (C=O) groups excluding carboxylic acids is 1. The first-order chi connectivity index (χ1) is 5.13. The highest BCUT2D eigenvalue weighted by Crippen LogP contribution is 1.77. The van der Waals surface area contributed by atoms with E-state index in [1.54, 1.807) is 0 Å². The lowest BCUT2D eigenvalue weighted by Crippen LogP contribution is -2.00. The smallest absolute Gasteiger partial charge is 0.310 e. The molecular formula is C4H6N4O3. The number of hydrogen-bond acceptors (Lipinski definition) is 6. The third kappa shape index (κ3) is 72.8. The van der Waals surface area contributed by atoms with Gasteiger partial charge in [0.05, 0.1) is 0 Å². The van der Waals surface area contributed by atoms with Crippen LogP contribution in [0, 0.1) is 21.6 Å². The summed E-state index contributed by atoms with van der Waals surface area (Å²) >= 11 is 0. The van der Waals surface area contributed by atoms with E-state index in [9.17, 15) is 9.59 Å². The summed E-state index contributed by atoms with van der Waals surface area (Å²) in [7, 11) is 0. The van der Waals surface area contributed by atoms with E-state index in [1.807, 2.05) is 0 Å². The molecule has 0 spiro atoms. The van der Waals surface area contributed by atoms with Gasteiger partial charge in [-0.1, -0.05) is 0 Å². The van der Waals surface area contributed by atoms with Gasteiger partial charge in [-0.05, 0) is 6.92 Å².